The Kier molecular flexibility index (Phi) is 15.0. The number of amides is 5. The van der Waals surface area contributed by atoms with Gasteiger partial charge in [0.2, 0.25) is 23.6 Å². The van der Waals surface area contributed by atoms with Gasteiger partial charge in [-0.25, -0.2) is 0 Å². The van der Waals surface area contributed by atoms with Crippen LogP contribution in [0.4, 0.5) is 0 Å². The maximum Gasteiger partial charge on any atom is 0.255 e. The second-order valence-corrected chi connectivity index (χ2v) is 14.1. The second-order valence-electron chi connectivity index (χ2n) is 14.1. The molecule has 1 fully saturated rings. The molecule has 0 aromatic heterocycles. The number of para-hydroxylation sites is 1. The smallest absolute Gasteiger partial charge is 0.255 e. The Labute approximate surface area is 316 Å². The molecule has 13 nitrogen and oxygen atoms in total. The molecular formula is C41H52N6O7. The lowest BCUT2D eigenvalue weighted by atomic mass is 10.0. The summed E-state index contributed by atoms with van der Waals surface area (Å²) in [5.74, 6) is -2.35. The van der Waals surface area contributed by atoms with E-state index < -0.39 is 48.2 Å². The van der Waals surface area contributed by atoms with Crippen LogP contribution >= 0.6 is 0 Å². The zero-order valence-corrected chi connectivity index (χ0v) is 31.1. The first-order chi connectivity index (χ1) is 26.1. The Hall–Kier alpha value is -5.27. The highest BCUT2D eigenvalue weighted by Crippen LogP contribution is 2.19. The average Bonchev–Trinajstić information content (AvgIpc) is 3.16. The zero-order chi connectivity index (χ0) is 38.3. The summed E-state index contributed by atoms with van der Waals surface area (Å²) in [6, 6.07) is 20.7. The van der Waals surface area contributed by atoms with Crippen molar-refractivity contribution in [2.45, 2.75) is 70.7 Å². The van der Waals surface area contributed by atoms with Crippen LogP contribution in [0.25, 0.3) is 0 Å². The molecule has 0 bridgehead atoms. The molecule has 2 heterocycles. The molecule has 13 heteroatoms. The third-order valence-corrected chi connectivity index (χ3v) is 9.26. The van der Waals surface area contributed by atoms with Crippen molar-refractivity contribution in [1.29, 1.82) is 0 Å². The molecule has 3 atom stereocenters. The molecule has 0 unspecified atom stereocenters. The SMILES string of the molecule is CC(C)C[C@@H]1NC(=O)C[C@@H](C(=O)NCc2cccc(CN3CCOCC3)c2)NC(=O)c2ccccc2OCCCNC(=O)[C@H](Cc2ccccc2)NC1=O. The first-order valence-corrected chi connectivity index (χ1v) is 18.7. The summed E-state index contributed by atoms with van der Waals surface area (Å²) in [7, 11) is 0. The van der Waals surface area contributed by atoms with Crippen molar-refractivity contribution in [2.75, 3.05) is 39.5 Å². The molecule has 5 rings (SSSR count). The third kappa shape index (κ3) is 12.4. The van der Waals surface area contributed by atoms with Crippen LogP contribution in [0.1, 0.15) is 60.2 Å². The lowest BCUT2D eigenvalue weighted by Gasteiger charge is -2.26. The summed E-state index contributed by atoms with van der Waals surface area (Å²) >= 11 is 0. The molecular weight excluding hydrogens is 688 g/mol. The highest BCUT2D eigenvalue weighted by Gasteiger charge is 2.31. The van der Waals surface area contributed by atoms with Crippen LogP contribution in [0.2, 0.25) is 0 Å². The number of fused-ring (bicyclic) bond motifs is 1. The molecule has 0 saturated carbocycles. The Bertz CT molecular complexity index is 1730. The van der Waals surface area contributed by atoms with Crippen molar-refractivity contribution in [2.24, 2.45) is 5.92 Å². The molecule has 3 aromatic carbocycles. The first kappa shape index (κ1) is 39.9. The van der Waals surface area contributed by atoms with Gasteiger partial charge in [0.25, 0.3) is 5.91 Å². The Morgan fingerprint density at radius 3 is 2.31 bits per heavy atom. The van der Waals surface area contributed by atoms with E-state index in [0.29, 0.717) is 25.4 Å². The summed E-state index contributed by atoms with van der Waals surface area (Å²) in [5, 5.41) is 14.2. The van der Waals surface area contributed by atoms with Gasteiger partial charge in [-0.05, 0) is 47.6 Å². The van der Waals surface area contributed by atoms with Crippen molar-refractivity contribution in [3.05, 3.63) is 101 Å². The summed E-state index contributed by atoms with van der Waals surface area (Å²) in [5.41, 5.74) is 3.02. The van der Waals surface area contributed by atoms with Crippen LogP contribution < -0.4 is 31.3 Å². The van der Waals surface area contributed by atoms with E-state index in [2.05, 4.69) is 31.5 Å². The number of benzene rings is 3. The van der Waals surface area contributed by atoms with Gasteiger partial charge in [0, 0.05) is 39.1 Å². The topological polar surface area (TPSA) is 167 Å². The summed E-state index contributed by atoms with van der Waals surface area (Å²) in [4.78, 5) is 70.7. The number of hydrogen-bond acceptors (Lipinski definition) is 8. The maximum atomic E-state index is 13.8. The number of nitrogens with one attached hydrogen (secondary N) is 5. The lowest BCUT2D eigenvalue weighted by molar-refractivity contribution is -0.133. The van der Waals surface area contributed by atoms with E-state index in [-0.39, 0.29) is 49.9 Å². The number of nitrogens with zero attached hydrogens (tertiary/aromatic N) is 1. The van der Waals surface area contributed by atoms with E-state index in [9.17, 15) is 24.0 Å². The molecule has 1 saturated heterocycles. The number of carbonyl (C=O) groups is 5. The lowest BCUT2D eigenvalue weighted by Crippen LogP contribution is -2.56. The fourth-order valence-electron chi connectivity index (χ4n) is 6.46. The van der Waals surface area contributed by atoms with Crippen molar-refractivity contribution in [3.63, 3.8) is 0 Å². The molecule has 0 radical (unpaired) electrons. The predicted molar refractivity (Wildman–Crippen MR) is 203 cm³/mol. The maximum absolute atomic E-state index is 13.8. The Morgan fingerprint density at radius 2 is 1.54 bits per heavy atom. The van der Waals surface area contributed by atoms with Gasteiger partial charge in [-0.1, -0.05) is 80.6 Å². The second kappa shape index (κ2) is 20.3. The third-order valence-electron chi connectivity index (χ3n) is 9.26. The molecule has 54 heavy (non-hydrogen) atoms. The van der Waals surface area contributed by atoms with Crippen molar-refractivity contribution in [1.82, 2.24) is 31.5 Å². The van der Waals surface area contributed by atoms with Crippen LogP contribution in [0.15, 0.2) is 78.9 Å². The minimum absolute atomic E-state index is 0.00891. The molecule has 0 spiro atoms. The number of morpholine rings is 1. The first-order valence-electron chi connectivity index (χ1n) is 18.7. The quantitative estimate of drug-likeness (QED) is 0.223. The van der Waals surface area contributed by atoms with Gasteiger partial charge in [0.15, 0.2) is 0 Å². The summed E-state index contributed by atoms with van der Waals surface area (Å²) in [6.07, 6.45) is 0.521. The molecule has 2 aliphatic heterocycles. The number of rotatable bonds is 9. The van der Waals surface area contributed by atoms with E-state index in [4.69, 9.17) is 9.47 Å². The minimum atomic E-state index is -1.28. The fraction of sp³-hybridized carbons (Fsp3) is 0.439. The van der Waals surface area contributed by atoms with Gasteiger partial charge < -0.3 is 36.1 Å². The number of carbonyl (C=O) groups excluding carboxylic acids is 5. The summed E-state index contributed by atoms with van der Waals surface area (Å²) < 4.78 is 11.4. The van der Waals surface area contributed by atoms with E-state index >= 15 is 0 Å². The standard InChI is InChI=1S/C41H52N6O7/c1-28(2)22-33-41(52)46-34(24-29-10-4-3-5-11-29)39(50)42-16-9-19-54-36-15-7-6-14-32(36)38(49)45-35(25-37(48)44-33)40(51)43-26-30-12-8-13-31(23-30)27-47-17-20-53-21-18-47/h3-8,10-15,23,28,33-35H,9,16-22,24-27H2,1-2H3,(H,42,50)(H,43,51)(H,44,48)(H,45,49)(H,46,52)/t33-,34-,35-/m0/s1. The Balaban J connectivity index is 1.36. The molecule has 0 aliphatic carbocycles. The van der Waals surface area contributed by atoms with Crippen molar-refractivity contribution in [3.8, 4) is 5.75 Å². The van der Waals surface area contributed by atoms with E-state index in [0.717, 1.165) is 36.3 Å². The van der Waals surface area contributed by atoms with Gasteiger partial charge in [0.1, 0.15) is 23.9 Å². The van der Waals surface area contributed by atoms with Gasteiger partial charge in [-0.3, -0.25) is 28.9 Å². The highest BCUT2D eigenvalue weighted by atomic mass is 16.5. The molecule has 288 valence electrons. The normalized spacial score (nSPS) is 20.9. The Morgan fingerprint density at radius 1 is 0.815 bits per heavy atom. The van der Waals surface area contributed by atoms with Crippen molar-refractivity contribution >= 4 is 29.5 Å². The van der Waals surface area contributed by atoms with E-state index in [1.54, 1.807) is 24.3 Å². The van der Waals surface area contributed by atoms with Gasteiger partial charge in [0.05, 0.1) is 31.8 Å². The molecule has 5 amide bonds. The predicted octanol–water partition coefficient (Wildman–Crippen LogP) is 2.48. The average molecular weight is 741 g/mol. The highest BCUT2D eigenvalue weighted by molar-refractivity contribution is 6.01. The number of hydrogen-bond donors (Lipinski definition) is 5. The van der Waals surface area contributed by atoms with Crippen LogP contribution in [-0.2, 0) is 43.4 Å². The molecule has 2 aliphatic rings. The molecule has 3 aromatic rings. The largest absolute Gasteiger partial charge is 0.493 e. The van der Waals surface area contributed by atoms with Crippen LogP contribution in [0.5, 0.6) is 5.75 Å². The van der Waals surface area contributed by atoms with Gasteiger partial charge in [-0.15, -0.1) is 0 Å². The van der Waals surface area contributed by atoms with Gasteiger partial charge >= 0.3 is 0 Å². The summed E-state index contributed by atoms with van der Waals surface area (Å²) in [6.45, 7) is 8.32. The van der Waals surface area contributed by atoms with Gasteiger partial charge in [-0.2, -0.15) is 0 Å². The van der Waals surface area contributed by atoms with Crippen molar-refractivity contribution < 1.29 is 33.4 Å². The van der Waals surface area contributed by atoms with Crippen LogP contribution in [-0.4, -0.2) is 92.0 Å². The zero-order valence-electron chi connectivity index (χ0n) is 31.1. The van der Waals surface area contributed by atoms with Crippen LogP contribution in [0.3, 0.4) is 0 Å². The van der Waals surface area contributed by atoms with E-state index in [1.807, 2.05) is 68.4 Å². The molecule has 5 N–H and O–H groups in total. The number of ether oxygens (including phenoxy) is 2. The monoisotopic (exact) mass is 740 g/mol. The van der Waals surface area contributed by atoms with E-state index in [1.165, 1.54) is 0 Å². The fourth-order valence-corrected chi connectivity index (χ4v) is 6.46. The minimum Gasteiger partial charge on any atom is -0.493 e. The van der Waals surface area contributed by atoms with Crippen LogP contribution in [0, 0.1) is 5.92 Å².